The van der Waals surface area contributed by atoms with Crippen molar-refractivity contribution in [3.05, 3.63) is 5.82 Å². The Bertz CT molecular complexity index is 339. The summed E-state index contributed by atoms with van der Waals surface area (Å²) in [5.41, 5.74) is 0.306. The maximum Gasteiger partial charge on any atom is 0.203 e. The van der Waals surface area contributed by atoms with E-state index in [-0.39, 0.29) is 0 Å². The van der Waals surface area contributed by atoms with Crippen molar-refractivity contribution in [3.63, 3.8) is 0 Å². The molecule has 0 atom stereocenters. The van der Waals surface area contributed by atoms with E-state index < -0.39 is 0 Å². The summed E-state index contributed by atoms with van der Waals surface area (Å²) in [6.07, 6.45) is 6.45. The first-order chi connectivity index (χ1) is 6.75. The number of anilines is 1. The Morgan fingerprint density at radius 3 is 2.79 bits per heavy atom. The van der Waals surface area contributed by atoms with Gasteiger partial charge < -0.3 is 5.32 Å². The van der Waals surface area contributed by atoms with Gasteiger partial charge in [-0.05, 0) is 39.0 Å². The van der Waals surface area contributed by atoms with Gasteiger partial charge in [0.05, 0.1) is 0 Å². The van der Waals surface area contributed by atoms with Crippen molar-refractivity contribution >= 4 is 16.7 Å². The predicted molar refractivity (Wildman–Crippen MR) is 57.8 cm³/mol. The molecule has 0 amide bonds. The molecule has 0 radical (unpaired) electrons. The number of hydrogen-bond donors (Lipinski definition) is 1. The van der Waals surface area contributed by atoms with E-state index in [1.807, 2.05) is 0 Å². The van der Waals surface area contributed by atoms with Crippen LogP contribution in [0.25, 0.3) is 0 Å². The van der Waals surface area contributed by atoms with Crippen LogP contribution in [0, 0.1) is 0 Å². The molecule has 0 bridgehead atoms. The van der Waals surface area contributed by atoms with E-state index in [0.29, 0.717) is 11.5 Å². The molecule has 2 fully saturated rings. The zero-order chi connectivity index (χ0) is 9.60. The Hall–Kier alpha value is -0.640. The van der Waals surface area contributed by atoms with Crippen molar-refractivity contribution in [2.24, 2.45) is 0 Å². The van der Waals surface area contributed by atoms with Crippen molar-refractivity contribution < 1.29 is 0 Å². The summed E-state index contributed by atoms with van der Waals surface area (Å²) >= 11 is 1.52. The molecule has 0 aromatic carbocycles. The van der Waals surface area contributed by atoms with Crippen LogP contribution in [0.2, 0.25) is 0 Å². The molecule has 2 saturated carbocycles. The highest BCUT2D eigenvalue weighted by molar-refractivity contribution is 7.09. The molecule has 2 aliphatic carbocycles. The number of nitrogens with zero attached hydrogens (tertiary/aromatic N) is 2. The molecule has 1 heterocycles. The van der Waals surface area contributed by atoms with Crippen LogP contribution >= 0.6 is 11.5 Å². The van der Waals surface area contributed by atoms with Gasteiger partial charge in [-0.2, -0.15) is 4.37 Å². The SMILES string of the molecule is CC1(Nc2nc(C3CC3)ns2)CCC1. The van der Waals surface area contributed by atoms with Crippen molar-refractivity contribution in [3.8, 4) is 0 Å². The third kappa shape index (κ3) is 1.52. The summed E-state index contributed by atoms with van der Waals surface area (Å²) in [5, 5.41) is 4.53. The Kier molecular flexibility index (Phi) is 1.81. The molecule has 0 unspecified atom stereocenters. The Labute approximate surface area is 88.1 Å². The Morgan fingerprint density at radius 2 is 2.21 bits per heavy atom. The maximum absolute atomic E-state index is 4.54. The largest absolute Gasteiger partial charge is 0.355 e. The zero-order valence-electron chi connectivity index (χ0n) is 8.42. The first-order valence-electron chi connectivity index (χ1n) is 5.37. The molecule has 0 spiro atoms. The van der Waals surface area contributed by atoms with E-state index in [2.05, 4.69) is 21.6 Å². The normalized spacial score (nSPS) is 24.4. The van der Waals surface area contributed by atoms with Crippen LogP contribution in [0.15, 0.2) is 0 Å². The molecular weight excluding hydrogens is 194 g/mol. The lowest BCUT2D eigenvalue weighted by molar-refractivity contribution is 0.306. The van der Waals surface area contributed by atoms with Crippen LogP contribution < -0.4 is 5.32 Å². The molecule has 14 heavy (non-hydrogen) atoms. The van der Waals surface area contributed by atoms with E-state index in [1.165, 1.54) is 43.6 Å². The average Bonchev–Trinajstić information content (AvgIpc) is 2.86. The van der Waals surface area contributed by atoms with E-state index in [0.717, 1.165) is 11.0 Å². The van der Waals surface area contributed by atoms with Gasteiger partial charge in [-0.25, -0.2) is 4.98 Å². The van der Waals surface area contributed by atoms with Gasteiger partial charge in [0, 0.05) is 23.0 Å². The van der Waals surface area contributed by atoms with Crippen molar-refractivity contribution in [1.82, 2.24) is 9.36 Å². The predicted octanol–water partition coefficient (Wildman–Crippen LogP) is 2.77. The lowest BCUT2D eigenvalue weighted by Crippen LogP contribution is -2.41. The van der Waals surface area contributed by atoms with Gasteiger partial charge in [0.1, 0.15) is 5.82 Å². The fraction of sp³-hybridized carbons (Fsp3) is 0.800. The summed E-state index contributed by atoms with van der Waals surface area (Å²) in [7, 11) is 0. The topological polar surface area (TPSA) is 37.8 Å². The summed E-state index contributed by atoms with van der Waals surface area (Å²) in [5.74, 6) is 1.75. The van der Waals surface area contributed by atoms with Gasteiger partial charge >= 0.3 is 0 Å². The van der Waals surface area contributed by atoms with Crippen molar-refractivity contribution in [2.75, 3.05) is 5.32 Å². The molecule has 1 aromatic rings. The average molecular weight is 209 g/mol. The standard InChI is InChI=1S/C10H15N3S/c1-10(5-2-6-10)12-9-11-8(13-14-9)7-3-4-7/h7H,2-6H2,1H3,(H,11,12,13). The molecule has 3 nitrogen and oxygen atoms in total. The van der Waals surface area contributed by atoms with Crippen molar-refractivity contribution in [1.29, 1.82) is 0 Å². The molecular formula is C10H15N3S. The van der Waals surface area contributed by atoms with Crippen LogP contribution in [0.4, 0.5) is 5.13 Å². The van der Waals surface area contributed by atoms with Gasteiger partial charge in [-0.1, -0.05) is 0 Å². The molecule has 2 aliphatic rings. The Morgan fingerprint density at radius 1 is 1.43 bits per heavy atom. The van der Waals surface area contributed by atoms with Crippen LogP contribution in [-0.4, -0.2) is 14.9 Å². The Balaban J connectivity index is 1.70. The molecule has 3 rings (SSSR count). The second kappa shape index (κ2) is 2.92. The summed E-state index contributed by atoms with van der Waals surface area (Å²) in [6.45, 7) is 2.27. The van der Waals surface area contributed by atoms with Crippen LogP contribution in [0.3, 0.4) is 0 Å². The quantitative estimate of drug-likeness (QED) is 0.831. The zero-order valence-corrected chi connectivity index (χ0v) is 9.23. The number of nitrogens with one attached hydrogen (secondary N) is 1. The highest BCUT2D eigenvalue weighted by atomic mass is 32.1. The third-order valence-electron chi connectivity index (χ3n) is 3.25. The van der Waals surface area contributed by atoms with Gasteiger partial charge in [-0.15, -0.1) is 0 Å². The number of aromatic nitrogens is 2. The lowest BCUT2D eigenvalue weighted by atomic mass is 9.79. The summed E-state index contributed by atoms with van der Waals surface area (Å²) in [6, 6.07) is 0. The van der Waals surface area contributed by atoms with E-state index in [4.69, 9.17) is 0 Å². The van der Waals surface area contributed by atoms with Crippen LogP contribution in [0.5, 0.6) is 0 Å². The first kappa shape index (κ1) is 8.65. The summed E-state index contributed by atoms with van der Waals surface area (Å²) in [4.78, 5) is 4.54. The van der Waals surface area contributed by atoms with Crippen molar-refractivity contribution in [2.45, 2.75) is 50.5 Å². The van der Waals surface area contributed by atoms with Gasteiger partial charge in [0.15, 0.2) is 0 Å². The van der Waals surface area contributed by atoms with E-state index >= 15 is 0 Å². The van der Waals surface area contributed by atoms with E-state index in [9.17, 15) is 0 Å². The molecule has 76 valence electrons. The highest BCUT2D eigenvalue weighted by Gasteiger charge is 2.33. The molecule has 0 aliphatic heterocycles. The minimum absolute atomic E-state index is 0.306. The number of rotatable bonds is 3. The monoisotopic (exact) mass is 209 g/mol. The molecule has 1 aromatic heterocycles. The minimum Gasteiger partial charge on any atom is -0.355 e. The molecule has 4 heteroatoms. The smallest absolute Gasteiger partial charge is 0.203 e. The maximum atomic E-state index is 4.54. The second-order valence-electron chi connectivity index (χ2n) is 4.77. The van der Waals surface area contributed by atoms with Crippen LogP contribution in [0.1, 0.15) is 50.8 Å². The highest BCUT2D eigenvalue weighted by Crippen LogP contribution is 2.40. The fourth-order valence-corrected chi connectivity index (χ4v) is 2.68. The van der Waals surface area contributed by atoms with Gasteiger partial charge in [-0.3, -0.25) is 0 Å². The lowest BCUT2D eigenvalue weighted by Gasteiger charge is -2.38. The second-order valence-corrected chi connectivity index (χ2v) is 5.52. The van der Waals surface area contributed by atoms with Gasteiger partial charge in [0.25, 0.3) is 0 Å². The molecule has 1 N–H and O–H groups in total. The van der Waals surface area contributed by atoms with Gasteiger partial charge in [0.2, 0.25) is 5.13 Å². The van der Waals surface area contributed by atoms with E-state index in [1.54, 1.807) is 0 Å². The third-order valence-corrected chi connectivity index (χ3v) is 3.89. The molecule has 0 saturated heterocycles. The first-order valence-corrected chi connectivity index (χ1v) is 6.14. The minimum atomic E-state index is 0.306. The fourth-order valence-electron chi connectivity index (χ4n) is 1.88. The number of hydrogen-bond acceptors (Lipinski definition) is 4. The van der Waals surface area contributed by atoms with Crippen LogP contribution in [-0.2, 0) is 0 Å². The summed E-state index contributed by atoms with van der Waals surface area (Å²) < 4.78 is 4.39.